The molecule has 1 saturated carbocycles. The van der Waals surface area contributed by atoms with Crippen molar-refractivity contribution < 1.29 is 9.59 Å². The molecule has 2 atom stereocenters. The SMILES string of the molecule is CNc1ccc(CC(=O)c2cc(NC(=O)C3C(c4cc(Cl)cc(Cl)c4)C3(Cl)Cl)cc(Cl)c2Cl)cc1. The Morgan fingerprint density at radius 3 is 2.11 bits per heavy atom. The quantitative estimate of drug-likeness (QED) is 0.215. The largest absolute Gasteiger partial charge is 0.388 e. The van der Waals surface area contributed by atoms with Crippen molar-refractivity contribution in [2.24, 2.45) is 5.92 Å². The molecule has 2 N–H and O–H groups in total. The van der Waals surface area contributed by atoms with Crippen LogP contribution in [0.5, 0.6) is 0 Å². The zero-order chi connectivity index (χ0) is 25.5. The standard InChI is InChI=1S/C25H18Cl6N2O2/c1-32-16-4-2-12(3-5-16)6-20(34)18-10-17(11-19(28)23(18)29)33-24(35)22-21(25(22,30)31)13-7-14(26)9-15(27)8-13/h2-5,7-11,21-22,32H,6H2,1H3,(H,33,35). The van der Waals surface area contributed by atoms with Gasteiger partial charge in [-0.3, -0.25) is 9.59 Å². The number of nitrogens with one attached hydrogen (secondary N) is 2. The number of rotatable bonds is 7. The first kappa shape index (κ1) is 26.4. The number of carbonyl (C=O) groups is 2. The van der Waals surface area contributed by atoms with E-state index in [9.17, 15) is 9.59 Å². The molecule has 0 saturated heterocycles. The molecule has 0 bridgehead atoms. The summed E-state index contributed by atoms with van der Waals surface area (Å²) in [5, 5.41) is 6.85. The first-order valence-corrected chi connectivity index (χ1v) is 12.7. The number of hydrogen-bond acceptors (Lipinski definition) is 3. The minimum Gasteiger partial charge on any atom is -0.388 e. The van der Waals surface area contributed by atoms with Gasteiger partial charge < -0.3 is 10.6 Å². The normalized spacial score (nSPS) is 18.1. The monoisotopic (exact) mass is 588 g/mol. The van der Waals surface area contributed by atoms with E-state index in [1.165, 1.54) is 12.1 Å². The summed E-state index contributed by atoms with van der Waals surface area (Å²) in [5.41, 5.74) is 2.90. The number of alkyl halides is 2. The van der Waals surface area contributed by atoms with Crippen LogP contribution in [0.1, 0.15) is 27.4 Å². The van der Waals surface area contributed by atoms with Crippen LogP contribution in [0, 0.1) is 5.92 Å². The molecule has 1 aliphatic rings. The van der Waals surface area contributed by atoms with Crippen molar-refractivity contribution in [2.75, 3.05) is 17.7 Å². The van der Waals surface area contributed by atoms with Gasteiger partial charge in [0.1, 0.15) is 4.33 Å². The minimum atomic E-state index is -1.34. The van der Waals surface area contributed by atoms with E-state index in [0.29, 0.717) is 21.3 Å². The van der Waals surface area contributed by atoms with Crippen LogP contribution >= 0.6 is 69.6 Å². The third-order valence-corrected chi connectivity index (χ3v) is 7.96. The van der Waals surface area contributed by atoms with E-state index in [1.54, 1.807) is 18.2 Å². The lowest BCUT2D eigenvalue weighted by atomic mass is 10.0. The van der Waals surface area contributed by atoms with Crippen molar-refractivity contribution >= 4 is 92.7 Å². The number of halogens is 6. The average Bonchev–Trinajstić information content (AvgIpc) is 3.38. The Labute approximate surface area is 232 Å². The molecule has 4 nitrogen and oxygen atoms in total. The summed E-state index contributed by atoms with van der Waals surface area (Å²) in [5.74, 6) is -1.95. The van der Waals surface area contributed by atoms with Crippen molar-refractivity contribution in [3.05, 3.63) is 91.4 Å². The van der Waals surface area contributed by atoms with Gasteiger partial charge in [0.15, 0.2) is 5.78 Å². The molecule has 0 aromatic heterocycles. The van der Waals surface area contributed by atoms with Gasteiger partial charge in [-0.15, -0.1) is 23.2 Å². The number of anilines is 2. The first-order valence-electron chi connectivity index (χ1n) is 10.4. The highest BCUT2D eigenvalue weighted by Gasteiger charge is 2.67. The second kappa shape index (κ2) is 10.4. The van der Waals surface area contributed by atoms with E-state index in [0.717, 1.165) is 11.3 Å². The summed E-state index contributed by atoms with van der Waals surface area (Å²) >= 11 is 37.7. The van der Waals surface area contributed by atoms with Crippen molar-refractivity contribution in [3.8, 4) is 0 Å². The number of benzene rings is 3. The van der Waals surface area contributed by atoms with Gasteiger partial charge in [0.25, 0.3) is 0 Å². The van der Waals surface area contributed by atoms with E-state index >= 15 is 0 Å². The summed E-state index contributed by atoms with van der Waals surface area (Å²) in [7, 11) is 1.81. The smallest absolute Gasteiger partial charge is 0.231 e. The number of amides is 1. The Morgan fingerprint density at radius 2 is 1.51 bits per heavy atom. The highest BCUT2D eigenvalue weighted by molar-refractivity contribution is 6.53. The van der Waals surface area contributed by atoms with Crippen LogP contribution in [0.2, 0.25) is 20.1 Å². The summed E-state index contributed by atoms with van der Waals surface area (Å²) < 4.78 is -1.34. The van der Waals surface area contributed by atoms with Crippen LogP contribution in [0.25, 0.3) is 0 Å². The molecule has 35 heavy (non-hydrogen) atoms. The predicted octanol–water partition coefficient (Wildman–Crippen LogP) is 8.29. The molecule has 0 spiro atoms. The van der Waals surface area contributed by atoms with Crippen molar-refractivity contribution in [1.82, 2.24) is 0 Å². The molecule has 10 heteroatoms. The Morgan fingerprint density at radius 1 is 0.886 bits per heavy atom. The van der Waals surface area contributed by atoms with Gasteiger partial charge in [0, 0.05) is 46.4 Å². The summed E-state index contributed by atoms with van der Waals surface area (Å²) in [6.07, 6.45) is 0.115. The molecule has 0 radical (unpaired) electrons. The van der Waals surface area contributed by atoms with Crippen LogP contribution in [0.3, 0.4) is 0 Å². The van der Waals surface area contributed by atoms with Gasteiger partial charge in [-0.2, -0.15) is 0 Å². The fourth-order valence-corrected chi connectivity index (χ4v) is 5.78. The second-order valence-corrected chi connectivity index (χ2v) is 11.3. The second-order valence-electron chi connectivity index (χ2n) is 8.19. The lowest BCUT2D eigenvalue weighted by molar-refractivity contribution is -0.117. The molecule has 2 unspecified atom stereocenters. The van der Waals surface area contributed by atoms with Crippen LogP contribution in [-0.4, -0.2) is 23.1 Å². The zero-order valence-corrected chi connectivity index (χ0v) is 22.7. The highest BCUT2D eigenvalue weighted by Crippen LogP contribution is 2.65. The maximum atomic E-state index is 13.1. The van der Waals surface area contributed by atoms with Gasteiger partial charge in [0.2, 0.25) is 5.91 Å². The fourth-order valence-electron chi connectivity index (χ4n) is 3.98. The molecule has 4 rings (SSSR count). The van der Waals surface area contributed by atoms with Crippen molar-refractivity contribution in [3.63, 3.8) is 0 Å². The molecule has 182 valence electrons. The Balaban J connectivity index is 1.53. The molecule has 3 aromatic rings. The highest BCUT2D eigenvalue weighted by atomic mass is 35.5. The minimum absolute atomic E-state index is 0.114. The van der Waals surface area contributed by atoms with Crippen molar-refractivity contribution in [1.29, 1.82) is 0 Å². The number of ketones is 1. The first-order chi connectivity index (χ1) is 16.5. The van der Waals surface area contributed by atoms with E-state index in [1.807, 2.05) is 31.3 Å². The topological polar surface area (TPSA) is 58.2 Å². The maximum Gasteiger partial charge on any atom is 0.231 e. The predicted molar refractivity (Wildman–Crippen MR) is 146 cm³/mol. The number of carbonyl (C=O) groups excluding carboxylic acids is 2. The summed E-state index contributed by atoms with van der Waals surface area (Å²) in [6, 6.07) is 15.3. The lowest BCUT2D eigenvalue weighted by Crippen LogP contribution is -2.17. The molecular weight excluding hydrogens is 573 g/mol. The number of hydrogen-bond donors (Lipinski definition) is 2. The van der Waals surface area contributed by atoms with Crippen LogP contribution in [0.15, 0.2) is 54.6 Å². The Bertz CT molecular complexity index is 1290. The molecular formula is C25H18Cl6N2O2. The fraction of sp³-hybridized carbons (Fsp3) is 0.200. The van der Waals surface area contributed by atoms with E-state index in [2.05, 4.69) is 10.6 Å². The van der Waals surface area contributed by atoms with Crippen LogP contribution in [-0.2, 0) is 11.2 Å². The van der Waals surface area contributed by atoms with Crippen molar-refractivity contribution in [2.45, 2.75) is 16.7 Å². The molecule has 0 heterocycles. The third kappa shape index (κ3) is 5.69. The van der Waals surface area contributed by atoms with Crippen LogP contribution < -0.4 is 10.6 Å². The van der Waals surface area contributed by atoms with Gasteiger partial charge >= 0.3 is 0 Å². The maximum absolute atomic E-state index is 13.1. The third-order valence-electron chi connectivity index (χ3n) is 5.78. The van der Waals surface area contributed by atoms with Crippen LogP contribution in [0.4, 0.5) is 11.4 Å². The Hall–Kier alpha value is -1.66. The lowest BCUT2D eigenvalue weighted by Gasteiger charge is -2.11. The molecule has 1 amide bonds. The van der Waals surface area contributed by atoms with E-state index in [-0.39, 0.29) is 27.8 Å². The molecule has 3 aromatic carbocycles. The van der Waals surface area contributed by atoms with Gasteiger partial charge in [-0.05, 0) is 53.6 Å². The molecule has 0 aliphatic heterocycles. The molecule has 1 aliphatic carbocycles. The average molecular weight is 591 g/mol. The summed E-state index contributed by atoms with van der Waals surface area (Å²) in [6.45, 7) is 0. The van der Waals surface area contributed by atoms with E-state index in [4.69, 9.17) is 69.6 Å². The zero-order valence-electron chi connectivity index (χ0n) is 18.1. The molecule has 1 fully saturated rings. The summed E-state index contributed by atoms with van der Waals surface area (Å²) in [4.78, 5) is 26.1. The number of Topliss-reactive ketones (excluding diaryl/α,β-unsaturated/α-hetero) is 1. The van der Waals surface area contributed by atoms with Gasteiger partial charge in [-0.25, -0.2) is 0 Å². The van der Waals surface area contributed by atoms with Gasteiger partial charge in [-0.1, -0.05) is 58.5 Å². The van der Waals surface area contributed by atoms with Gasteiger partial charge in [0.05, 0.1) is 16.0 Å². The Kier molecular flexibility index (Phi) is 7.82. The van der Waals surface area contributed by atoms with E-state index < -0.39 is 22.1 Å².